The van der Waals surface area contributed by atoms with E-state index in [2.05, 4.69) is 11.1 Å². The van der Waals surface area contributed by atoms with E-state index in [9.17, 15) is 5.11 Å². The van der Waals surface area contributed by atoms with E-state index >= 15 is 0 Å². The predicted octanol–water partition coefficient (Wildman–Crippen LogP) is 3.45. The zero-order valence-corrected chi connectivity index (χ0v) is 11.7. The summed E-state index contributed by atoms with van der Waals surface area (Å²) in [7, 11) is 0. The Kier molecular flexibility index (Phi) is 2.60. The second-order valence-corrected chi connectivity index (χ2v) is 7.70. The van der Waals surface area contributed by atoms with Gasteiger partial charge in [0.05, 0.1) is 17.4 Å². The van der Waals surface area contributed by atoms with E-state index in [1.54, 1.807) is 11.3 Å². The maximum atomic E-state index is 10.1. The van der Waals surface area contributed by atoms with E-state index in [1.165, 1.54) is 32.1 Å². The van der Waals surface area contributed by atoms with Crippen LogP contribution in [0.1, 0.15) is 47.9 Å². The third-order valence-electron chi connectivity index (χ3n) is 5.44. The van der Waals surface area contributed by atoms with Crippen LogP contribution in [-0.2, 0) is 6.42 Å². The molecule has 4 fully saturated rings. The zero-order valence-electron chi connectivity index (χ0n) is 10.9. The normalized spacial score (nSPS) is 39.4. The van der Waals surface area contributed by atoms with Gasteiger partial charge in [-0.25, -0.2) is 4.98 Å². The summed E-state index contributed by atoms with van der Waals surface area (Å²) in [5.74, 6) is 4.17. The molecule has 0 radical (unpaired) electrons. The van der Waals surface area contributed by atoms with Crippen LogP contribution in [0.15, 0.2) is 0 Å². The third-order valence-corrected chi connectivity index (χ3v) is 6.58. The first-order valence-electron chi connectivity index (χ1n) is 7.30. The monoisotopic (exact) mass is 274 g/mol. The van der Waals surface area contributed by atoms with Crippen molar-refractivity contribution in [2.75, 3.05) is 0 Å². The summed E-state index contributed by atoms with van der Waals surface area (Å²) in [5, 5.41) is 19.7. The van der Waals surface area contributed by atoms with Gasteiger partial charge in [-0.3, -0.25) is 0 Å². The molecule has 0 aliphatic heterocycles. The molecule has 0 atom stereocenters. The Balaban J connectivity index is 1.67. The van der Waals surface area contributed by atoms with Crippen molar-refractivity contribution in [3.8, 4) is 11.9 Å². The standard InChI is InChI=1S/C15H18N2OS/c16-2-1-12-17-15(18)14(19-12)13-10-4-8-3-9(6-10)7-11(13)5-8/h8-11,13,18H,1,3-7H2. The number of nitrogens with zero attached hydrogens (tertiary/aromatic N) is 2. The highest BCUT2D eigenvalue weighted by atomic mass is 32.1. The van der Waals surface area contributed by atoms with Crippen LogP contribution >= 0.6 is 11.3 Å². The van der Waals surface area contributed by atoms with Crippen molar-refractivity contribution in [2.24, 2.45) is 23.7 Å². The van der Waals surface area contributed by atoms with Gasteiger partial charge in [-0.15, -0.1) is 11.3 Å². The number of aromatic nitrogens is 1. The van der Waals surface area contributed by atoms with E-state index in [-0.39, 0.29) is 5.88 Å². The Hall–Kier alpha value is -1.08. The van der Waals surface area contributed by atoms with Crippen molar-refractivity contribution in [2.45, 2.75) is 44.4 Å². The van der Waals surface area contributed by atoms with Gasteiger partial charge in [0.15, 0.2) is 0 Å². The summed E-state index contributed by atoms with van der Waals surface area (Å²) in [4.78, 5) is 5.27. The van der Waals surface area contributed by atoms with E-state index in [1.807, 2.05) is 0 Å². The fourth-order valence-electron chi connectivity index (χ4n) is 5.08. The maximum Gasteiger partial charge on any atom is 0.225 e. The second kappa shape index (κ2) is 4.21. The minimum absolute atomic E-state index is 0.215. The van der Waals surface area contributed by atoms with Crippen LogP contribution in [0, 0.1) is 35.0 Å². The topological polar surface area (TPSA) is 56.9 Å². The molecular formula is C15H18N2OS. The van der Waals surface area contributed by atoms with Crippen LogP contribution < -0.4 is 0 Å². The first-order chi connectivity index (χ1) is 9.24. The summed E-state index contributed by atoms with van der Waals surface area (Å²) < 4.78 is 0. The molecule has 4 saturated carbocycles. The van der Waals surface area contributed by atoms with Gasteiger partial charge in [-0.05, 0) is 55.8 Å². The Morgan fingerprint density at radius 3 is 2.37 bits per heavy atom. The van der Waals surface area contributed by atoms with Crippen LogP contribution in [0.25, 0.3) is 0 Å². The van der Waals surface area contributed by atoms with E-state index in [4.69, 9.17) is 5.26 Å². The molecule has 0 spiro atoms. The van der Waals surface area contributed by atoms with Gasteiger partial charge in [-0.1, -0.05) is 0 Å². The summed E-state index contributed by atoms with van der Waals surface area (Å²) in [6, 6.07) is 2.13. The fraction of sp³-hybridized carbons (Fsp3) is 0.733. The minimum atomic E-state index is 0.215. The second-order valence-electron chi connectivity index (χ2n) is 6.59. The van der Waals surface area contributed by atoms with Crippen LogP contribution in [0.4, 0.5) is 0 Å². The maximum absolute atomic E-state index is 10.1. The molecule has 1 aromatic rings. The van der Waals surface area contributed by atoms with Crippen molar-refractivity contribution in [1.29, 1.82) is 5.26 Å². The molecule has 4 heteroatoms. The molecule has 1 heterocycles. The predicted molar refractivity (Wildman–Crippen MR) is 72.9 cm³/mol. The smallest absolute Gasteiger partial charge is 0.225 e. The van der Waals surface area contributed by atoms with Gasteiger partial charge in [0, 0.05) is 5.92 Å². The molecule has 4 aliphatic carbocycles. The molecule has 4 aliphatic rings. The number of aromatic hydroxyl groups is 1. The van der Waals surface area contributed by atoms with Crippen LogP contribution in [0.5, 0.6) is 5.88 Å². The van der Waals surface area contributed by atoms with Gasteiger partial charge in [0.25, 0.3) is 0 Å². The largest absolute Gasteiger partial charge is 0.492 e. The number of nitriles is 1. The molecule has 100 valence electrons. The first kappa shape index (κ1) is 11.7. The lowest BCUT2D eigenvalue weighted by molar-refractivity contribution is -0.00235. The van der Waals surface area contributed by atoms with Crippen LogP contribution in [0.3, 0.4) is 0 Å². The minimum Gasteiger partial charge on any atom is -0.492 e. The third kappa shape index (κ3) is 1.79. The molecule has 19 heavy (non-hydrogen) atoms. The van der Waals surface area contributed by atoms with Crippen molar-refractivity contribution in [3.63, 3.8) is 0 Å². The molecule has 1 aromatic heterocycles. The average molecular weight is 274 g/mol. The van der Waals surface area contributed by atoms with Gasteiger partial charge >= 0.3 is 0 Å². The van der Waals surface area contributed by atoms with E-state index < -0.39 is 0 Å². The number of hydrogen-bond acceptors (Lipinski definition) is 4. The lowest BCUT2D eigenvalue weighted by Crippen LogP contribution is -2.43. The molecule has 1 N–H and O–H groups in total. The summed E-state index contributed by atoms with van der Waals surface area (Å²) in [6.45, 7) is 0. The van der Waals surface area contributed by atoms with Crippen molar-refractivity contribution in [1.82, 2.24) is 4.98 Å². The van der Waals surface area contributed by atoms with Crippen LogP contribution in [-0.4, -0.2) is 10.1 Å². The zero-order chi connectivity index (χ0) is 13.0. The highest BCUT2D eigenvalue weighted by Gasteiger charge is 2.49. The summed E-state index contributed by atoms with van der Waals surface area (Å²) in [6.07, 6.45) is 7.18. The van der Waals surface area contributed by atoms with Crippen LogP contribution in [0.2, 0.25) is 0 Å². The van der Waals surface area contributed by atoms with E-state index in [0.29, 0.717) is 12.3 Å². The molecule has 0 aromatic carbocycles. The molecule has 4 bridgehead atoms. The van der Waals surface area contributed by atoms with Gasteiger partial charge < -0.3 is 5.11 Å². The average Bonchev–Trinajstić information content (AvgIpc) is 2.69. The lowest BCUT2D eigenvalue weighted by atomic mass is 9.51. The number of hydrogen-bond donors (Lipinski definition) is 1. The van der Waals surface area contributed by atoms with Crippen molar-refractivity contribution < 1.29 is 5.11 Å². The molecule has 0 saturated heterocycles. The highest BCUT2D eigenvalue weighted by molar-refractivity contribution is 7.12. The van der Waals surface area contributed by atoms with E-state index in [0.717, 1.165) is 33.6 Å². The van der Waals surface area contributed by atoms with Gasteiger partial charge in [0.1, 0.15) is 5.01 Å². The number of thiazole rings is 1. The Morgan fingerprint density at radius 1 is 1.16 bits per heavy atom. The first-order valence-corrected chi connectivity index (χ1v) is 8.11. The summed E-state index contributed by atoms with van der Waals surface area (Å²) in [5.41, 5.74) is 0. The Labute approximate surface area is 117 Å². The Bertz CT molecular complexity index is 517. The SMILES string of the molecule is N#CCc1nc(O)c(C2C3CC4CC(C3)CC2C4)s1. The Morgan fingerprint density at radius 2 is 1.79 bits per heavy atom. The lowest BCUT2D eigenvalue weighted by Gasteiger charge is -2.54. The highest BCUT2D eigenvalue weighted by Crippen LogP contribution is 2.61. The molecule has 0 unspecified atom stereocenters. The van der Waals surface area contributed by atoms with Gasteiger partial charge in [0.2, 0.25) is 5.88 Å². The molecule has 0 amide bonds. The molecule has 3 nitrogen and oxygen atoms in total. The van der Waals surface area contributed by atoms with Crippen molar-refractivity contribution in [3.05, 3.63) is 9.88 Å². The molecular weight excluding hydrogens is 256 g/mol. The molecule has 5 rings (SSSR count). The number of rotatable bonds is 2. The van der Waals surface area contributed by atoms with Crippen molar-refractivity contribution >= 4 is 11.3 Å². The summed E-state index contributed by atoms with van der Waals surface area (Å²) >= 11 is 1.58. The fourth-order valence-corrected chi connectivity index (χ4v) is 6.26. The quantitative estimate of drug-likeness (QED) is 0.898. The van der Waals surface area contributed by atoms with Gasteiger partial charge in [-0.2, -0.15) is 5.26 Å².